The molecule has 0 bridgehead atoms. The summed E-state index contributed by atoms with van der Waals surface area (Å²) in [6, 6.07) is 0. The minimum absolute atomic E-state index is 0.265. The maximum atomic E-state index is 5.71. The first kappa shape index (κ1) is 12.6. The summed E-state index contributed by atoms with van der Waals surface area (Å²) in [6.45, 7) is 6.64. The van der Waals surface area contributed by atoms with Gasteiger partial charge in [-0.1, -0.05) is 6.92 Å². The molecule has 0 fully saturated rings. The maximum absolute atomic E-state index is 5.71. The molecule has 0 spiro atoms. The lowest BCUT2D eigenvalue weighted by atomic mass is 9.98. The van der Waals surface area contributed by atoms with E-state index in [1.54, 1.807) is 18.6 Å². The third-order valence-corrected chi connectivity index (χ3v) is 2.97. The molecule has 1 atom stereocenters. The normalized spacial score (nSPS) is 12.4. The van der Waals surface area contributed by atoms with Crippen LogP contribution >= 0.6 is 0 Å². The van der Waals surface area contributed by atoms with Gasteiger partial charge in [0.15, 0.2) is 5.82 Å². The van der Waals surface area contributed by atoms with Gasteiger partial charge in [0.2, 0.25) is 0 Å². The molecule has 5 nitrogen and oxygen atoms in total. The predicted molar refractivity (Wildman–Crippen MR) is 70.0 cm³/mol. The molecule has 2 aromatic heterocycles. The van der Waals surface area contributed by atoms with Gasteiger partial charge in [-0.05, 0) is 31.9 Å². The van der Waals surface area contributed by atoms with Crippen molar-refractivity contribution in [3.05, 3.63) is 35.5 Å². The number of hydrogen-bond acceptors (Lipinski definition) is 5. The van der Waals surface area contributed by atoms with Crippen molar-refractivity contribution in [2.75, 3.05) is 6.54 Å². The molecule has 18 heavy (non-hydrogen) atoms. The van der Waals surface area contributed by atoms with E-state index >= 15 is 0 Å². The highest BCUT2D eigenvalue weighted by molar-refractivity contribution is 5.49. The molecule has 1 unspecified atom stereocenters. The Hall–Kier alpha value is -1.88. The summed E-state index contributed by atoms with van der Waals surface area (Å²) in [5.74, 6) is 0.881. The van der Waals surface area contributed by atoms with E-state index in [1.165, 1.54) is 0 Å². The lowest BCUT2D eigenvalue weighted by Gasteiger charge is -2.15. The van der Waals surface area contributed by atoms with Crippen LogP contribution in [0, 0.1) is 13.8 Å². The number of nitrogens with zero attached hydrogens (tertiary/aromatic N) is 4. The zero-order valence-corrected chi connectivity index (χ0v) is 10.9. The topological polar surface area (TPSA) is 77.6 Å². The van der Waals surface area contributed by atoms with Crippen molar-refractivity contribution in [2.45, 2.75) is 26.7 Å². The van der Waals surface area contributed by atoms with E-state index in [4.69, 9.17) is 5.73 Å². The summed E-state index contributed by atoms with van der Waals surface area (Å²) in [7, 11) is 0. The van der Waals surface area contributed by atoms with Gasteiger partial charge in [0.1, 0.15) is 5.69 Å². The standard InChI is InChI=1S/C13H17N5/c1-8(6-14)12-9(2)17-13(18-10(12)3)11-7-15-4-5-16-11/h4-5,7-8H,6,14H2,1-3H3. The van der Waals surface area contributed by atoms with Gasteiger partial charge in [-0.25, -0.2) is 15.0 Å². The van der Waals surface area contributed by atoms with Gasteiger partial charge < -0.3 is 5.73 Å². The smallest absolute Gasteiger partial charge is 0.180 e. The fourth-order valence-electron chi connectivity index (χ4n) is 2.09. The van der Waals surface area contributed by atoms with Crippen LogP contribution in [0.25, 0.3) is 11.5 Å². The van der Waals surface area contributed by atoms with Crippen molar-refractivity contribution in [1.29, 1.82) is 0 Å². The lowest BCUT2D eigenvalue weighted by molar-refractivity contribution is 0.743. The largest absolute Gasteiger partial charge is 0.330 e. The Bertz CT molecular complexity index is 515. The number of aryl methyl sites for hydroxylation is 2. The second-order valence-corrected chi connectivity index (χ2v) is 4.36. The molecule has 0 saturated carbocycles. The molecule has 94 valence electrons. The predicted octanol–water partition coefficient (Wildman–Crippen LogP) is 1.61. The van der Waals surface area contributed by atoms with Gasteiger partial charge in [0.05, 0.1) is 6.20 Å². The summed E-state index contributed by atoms with van der Waals surface area (Å²) in [5, 5.41) is 0. The van der Waals surface area contributed by atoms with Crippen LogP contribution in [0.2, 0.25) is 0 Å². The zero-order chi connectivity index (χ0) is 13.1. The van der Waals surface area contributed by atoms with E-state index in [1.807, 2.05) is 13.8 Å². The van der Waals surface area contributed by atoms with E-state index < -0.39 is 0 Å². The highest BCUT2D eigenvalue weighted by atomic mass is 14.9. The molecule has 2 N–H and O–H groups in total. The number of aromatic nitrogens is 4. The van der Waals surface area contributed by atoms with Gasteiger partial charge in [-0.2, -0.15) is 0 Å². The Morgan fingerprint density at radius 3 is 2.33 bits per heavy atom. The van der Waals surface area contributed by atoms with Crippen molar-refractivity contribution in [3.63, 3.8) is 0 Å². The number of nitrogens with two attached hydrogens (primary N) is 1. The average Bonchev–Trinajstić information content (AvgIpc) is 2.38. The van der Waals surface area contributed by atoms with Crippen molar-refractivity contribution in [3.8, 4) is 11.5 Å². The summed E-state index contributed by atoms with van der Waals surface area (Å²) >= 11 is 0. The van der Waals surface area contributed by atoms with Crippen molar-refractivity contribution in [2.24, 2.45) is 5.73 Å². The minimum Gasteiger partial charge on any atom is -0.330 e. The fourth-order valence-corrected chi connectivity index (χ4v) is 2.09. The maximum Gasteiger partial charge on any atom is 0.180 e. The molecule has 2 heterocycles. The second-order valence-electron chi connectivity index (χ2n) is 4.36. The second kappa shape index (κ2) is 5.18. The van der Waals surface area contributed by atoms with Crippen LogP contribution in [0.15, 0.2) is 18.6 Å². The van der Waals surface area contributed by atoms with Crippen LogP contribution in [0.5, 0.6) is 0 Å². The van der Waals surface area contributed by atoms with E-state index in [2.05, 4.69) is 26.9 Å². The molecule has 0 aliphatic rings. The Labute approximate surface area is 107 Å². The van der Waals surface area contributed by atoms with Gasteiger partial charge in [0.25, 0.3) is 0 Å². The molecule has 5 heteroatoms. The van der Waals surface area contributed by atoms with Crippen LogP contribution < -0.4 is 5.73 Å². The highest BCUT2D eigenvalue weighted by Crippen LogP contribution is 2.22. The zero-order valence-electron chi connectivity index (χ0n) is 10.9. The molecule has 0 radical (unpaired) electrons. The van der Waals surface area contributed by atoms with Crippen molar-refractivity contribution in [1.82, 2.24) is 19.9 Å². The van der Waals surface area contributed by atoms with Crippen LogP contribution in [0.4, 0.5) is 0 Å². The molecule has 0 aliphatic carbocycles. The molecule has 0 amide bonds. The molecule has 2 rings (SSSR count). The quantitative estimate of drug-likeness (QED) is 0.886. The summed E-state index contributed by atoms with van der Waals surface area (Å²) < 4.78 is 0. The Morgan fingerprint density at radius 2 is 1.83 bits per heavy atom. The molecule has 0 aliphatic heterocycles. The minimum atomic E-state index is 0.265. The SMILES string of the molecule is Cc1nc(-c2cnccn2)nc(C)c1C(C)CN. The van der Waals surface area contributed by atoms with Crippen LogP contribution in [-0.4, -0.2) is 26.5 Å². The Morgan fingerprint density at radius 1 is 1.17 bits per heavy atom. The van der Waals surface area contributed by atoms with E-state index in [0.717, 1.165) is 17.0 Å². The molecular formula is C13H17N5. The van der Waals surface area contributed by atoms with Crippen LogP contribution in [0.3, 0.4) is 0 Å². The van der Waals surface area contributed by atoms with E-state index in [0.29, 0.717) is 18.1 Å². The highest BCUT2D eigenvalue weighted by Gasteiger charge is 2.15. The Balaban J connectivity index is 2.49. The number of hydrogen-bond donors (Lipinski definition) is 1. The molecule has 0 saturated heterocycles. The van der Waals surface area contributed by atoms with Gasteiger partial charge in [0, 0.05) is 23.8 Å². The molecule has 0 aromatic carbocycles. The van der Waals surface area contributed by atoms with Crippen molar-refractivity contribution < 1.29 is 0 Å². The first-order valence-electron chi connectivity index (χ1n) is 5.95. The van der Waals surface area contributed by atoms with Crippen LogP contribution in [-0.2, 0) is 0 Å². The first-order valence-corrected chi connectivity index (χ1v) is 5.95. The summed E-state index contributed by atoms with van der Waals surface area (Å²) in [6.07, 6.45) is 4.94. The van der Waals surface area contributed by atoms with Gasteiger partial charge in [-0.3, -0.25) is 4.98 Å². The average molecular weight is 243 g/mol. The van der Waals surface area contributed by atoms with Crippen molar-refractivity contribution >= 4 is 0 Å². The molecular weight excluding hydrogens is 226 g/mol. The third kappa shape index (κ3) is 2.36. The summed E-state index contributed by atoms with van der Waals surface area (Å²) in [4.78, 5) is 17.3. The lowest BCUT2D eigenvalue weighted by Crippen LogP contribution is -2.14. The molecule has 2 aromatic rings. The fraction of sp³-hybridized carbons (Fsp3) is 0.385. The third-order valence-electron chi connectivity index (χ3n) is 2.97. The van der Waals surface area contributed by atoms with Gasteiger partial charge in [-0.15, -0.1) is 0 Å². The number of rotatable bonds is 3. The van der Waals surface area contributed by atoms with Crippen LogP contribution in [0.1, 0.15) is 29.8 Å². The van der Waals surface area contributed by atoms with E-state index in [-0.39, 0.29) is 5.92 Å². The monoisotopic (exact) mass is 243 g/mol. The van der Waals surface area contributed by atoms with E-state index in [9.17, 15) is 0 Å². The Kier molecular flexibility index (Phi) is 3.62. The summed E-state index contributed by atoms with van der Waals surface area (Å²) in [5.41, 5.74) is 9.45. The first-order chi connectivity index (χ1) is 8.63. The van der Waals surface area contributed by atoms with Gasteiger partial charge >= 0.3 is 0 Å².